The summed E-state index contributed by atoms with van der Waals surface area (Å²) in [5, 5.41) is 0. The first-order valence-corrected chi connectivity index (χ1v) is 17.3. The second-order valence-corrected chi connectivity index (χ2v) is 12.0. The van der Waals surface area contributed by atoms with Crippen LogP contribution < -0.4 is 9.47 Å². The number of esters is 3. The van der Waals surface area contributed by atoms with Crippen molar-refractivity contribution in [2.45, 2.75) is 117 Å². The van der Waals surface area contributed by atoms with E-state index in [-0.39, 0.29) is 18.0 Å². The highest BCUT2D eigenvalue weighted by molar-refractivity contribution is 5.92. The van der Waals surface area contributed by atoms with Crippen LogP contribution in [0.2, 0.25) is 0 Å². The quantitative estimate of drug-likeness (QED) is 0.0563. The monoisotopic (exact) mass is 638 g/mol. The Morgan fingerprint density at radius 1 is 0.553 bits per heavy atom. The minimum atomic E-state index is -0.506. The lowest BCUT2D eigenvalue weighted by Crippen LogP contribution is -2.15. The summed E-state index contributed by atoms with van der Waals surface area (Å²) in [4.78, 5) is 37.3. The molecule has 0 aliphatic heterocycles. The highest BCUT2D eigenvalue weighted by Crippen LogP contribution is 2.18. The maximum atomic E-state index is 12.7. The normalized spacial score (nSPS) is 11.2. The number of carbonyl (C=O) groups excluding carboxylic acids is 3. The molecule has 0 unspecified atom stereocenters. The summed E-state index contributed by atoms with van der Waals surface area (Å²) < 4.78 is 16.5. The lowest BCUT2D eigenvalue weighted by molar-refractivity contribution is -0.134. The lowest BCUT2D eigenvalue weighted by Gasteiger charge is -2.13. The molecule has 47 heavy (non-hydrogen) atoms. The molecule has 3 rings (SSSR count). The van der Waals surface area contributed by atoms with E-state index in [0.717, 1.165) is 43.2 Å². The Morgan fingerprint density at radius 3 is 1.60 bits per heavy atom. The van der Waals surface area contributed by atoms with Crippen molar-refractivity contribution in [2.24, 2.45) is 0 Å². The third-order valence-corrected chi connectivity index (χ3v) is 7.87. The number of hydrogen-bond donors (Lipinski definition) is 0. The molecule has 0 saturated heterocycles. The van der Waals surface area contributed by atoms with Crippen molar-refractivity contribution >= 4 is 17.9 Å². The van der Waals surface area contributed by atoms with Crippen molar-refractivity contribution in [1.29, 1.82) is 0 Å². The molecule has 3 aromatic carbocycles. The fourth-order valence-electron chi connectivity index (χ4n) is 5.02. The zero-order valence-corrected chi connectivity index (χ0v) is 28.4. The van der Waals surface area contributed by atoms with Crippen LogP contribution in [0.25, 0.3) is 0 Å². The molecule has 0 N–H and O–H groups in total. The standard InChI is InChI=1S/C41H50O6/c1-4-6-8-10-11-12-13-15-17-39(42)46-37-28-22-34(23-29-37)19-18-33-20-24-35(25-21-33)41(44)47-38-30-26-36(27-31-38)40(43)45-32(3)16-14-9-7-5-2/h20-32H,4-17H2,1-3H3/t32-/m0/s1. The van der Waals surface area contributed by atoms with E-state index >= 15 is 0 Å². The molecule has 0 radical (unpaired) electrons. The van der Waals surface area contributed by atoms with Crippen LogP contribution in [0.1, 0.15) is 143 Å². The summed E-state index contributed by atoms with van der Waals surface area (Å²) in [5.74, 6) is 5.94. The van der Waals surface area contributed by atoms with E-state index in [2.05, 4.69) is 25.7 Å². The Labute approximate surface area is 281 Å². The van der Waals surface area contributed by atoms with Crippen molar-refractivity contribution in [2.75, 3.05) is 0 Å². The summed E-state index contributed by atoms with van der Waals surface area (Å²) in [5.41, 5.74) is 2.32. The molecule has 0 fully saturated rings. The van der Waals surface area contributed by atoms with Gasteiger partial charge in [-0.2, -0.15) is 0 Å². The number of carbonyl (C=O) groups is 3. The van der Waals surface area contributed by atoms with E-state index in [1.165, 1.54) is 51.4 Å². The van der Waals surface area contributed by atoms with E-state index in [1.54, 1.807) is 60.7 Å². The second kappa shape index (κ2) is 21.4. The van der Waals surface area contributed by atoms with E-state index < -0.39 is 5.97 Å². The van der Waals surface area contributed by atoms with Crippen LogP contribution in [0.3, 0.4) is 0 Å². The van der Waals surface area contributed by atoms with E-state index in [4.69, 9.17) is 14.2 Å². The van der Waals surface area contributed by atoms with Crippen molar-refractivity contribution in [3.63, 3.8) is 0 Å². The van der Waals surface area contributed by atoms with Gasteiger partial charge in [-0.05, 0) is 99.0 Å². The second-order valence-electron chi connectivity index (χ2n) is 12.0. The molecule has 0 aliphatic carbocycles. The van der Waals surface area contributed by atoms with E-state index in [1.807, 2.05) is 19.1 Å². The van der Waals surface area contributed by atoms with Crippen molar-refractivity contribution in [3.05, 3.63) is 95.1 Å². The van der Waals surface area contributed by atoms with Crippen LogP contribution in [-0.2, 0) is 9.53 Å². The maximum Gasteiger partial charge on any atom is 0.343 e. The van der Waals surface area contributed by atoms with Crippen molar-refractivity contribution < 1.29 is 28.6 Å². The molecule has 0 bridgehead atoms. The van der Waals surface area contributed by atoms with E-state index in [0.29, 0.717) is 29.0 Å². The van der Waals surface area contributed by atoms with Crippen molar-refractivity contribution in [1.82, 2.24) is 0 Å². The predicted molar refractivity (Wildman–Crippen MR) is 187 cm³/mol. The SMILES string of the molecule is CCCCCCCCCCC(=O)Oc1ccc(C#Cc2ccc(C(=O)Oc3ccc(C(=O)O[C@@H](C)CCCCCC)cc3)cc2)cc1. The Morgan fingerprint density at radius 2 is 1.00 bits per heavy atom. The number of hydrogen-bond acceptors (Lipinski definition) is 6. The lowest BCUT2D eigenvalue weighted by atomic mass is 10.1. The molecule has 6 nitrogen and oxygen atoms in total. The molecular formula is C41H50O6. The summed E-state index contributed by atoms with van der Waals surface area (Å²) >= 11 is 0. The van der Waals surface area contributed by atoms with Crippen molar-refractivity contribution in [3.8, 4) is 23.3 Å². The minimum absolute atomic E-state index is 0.143. The number of unbranched alkanes of at least 4 members (excludes halogenated alkanes) is 10. The van der Waals surface area contributed by atoms with Gasteiger partial charge in [-0.3, -0.25) is 4.79 Å². The van der Waals surface area contributed by atoms with Gasteiger partial charge in [0.2, 0.25) is 0 Å². The highest BCUT2D eigenvalue weighted by Gasteiger charge is 2.14. The summed E-state index contributed by atoms with van der Waals surface area (Å²) in [7, 11) is 0. The topological polar surface area (TPSA) is 78.9 Å². The molecule has 250 valence electrons. The Bertz CT molecular complexity index is 1430. The van der Waals surface area contributed by atoms with Gasteiger partial charge in [0.25, 0.3) is 0 Å². The van der Waals surface area contributed by atoms with Gasteiger partial charge >= 0.3 is 17.9 Å². The van der Waals surface area contributed by atoms with Gasteiger partial charge in [0.1, 0.15) is 11.5 Å². The van der Waals surface area contributed by atoms with Crippen LogP contribution in [0, 0.1) is 11.8 Å². The largest absolute Gasteiger partial charge is 0.459 e. The summed E-state index contributed by atoms with van der Waals surface area (Å²) in [6.07, 6.45) is 15.2. The maximum absolute atomic E-state index is 12.7. The minimum Gasteiger partial charge on any atom is -0.459 e. The molecule has 0 heterocycles. The van der Waals surface area contributed by atoms with Gasteiger partial charge in [-0.1, -0.05) is 89.9 Å². The molecular weight excluding hydrogens is 588 g/mol. The first kappa shape index (κ1) is 37.1. The van der Waals surface area contributed by atoms with Crippen LogP contribution in [0.4, 0.5) is 0 Å². The molecule has 1 atom stereocenters. The predicted octanol–water partition coefficient (Wildman–Crippen LogP) is 10.3. The first-order valence-electron chi connectivity index (χ1n) is 17.3. The zero-order valence-electron chi connectivity index (χ0n) is 28.4. The third kappa shape index (κ3) is 14.7. The Hall–Kier alpha value is -4.37. The van der Waals surface area contributed by atoms with Crippen LogP contribution in [0.15, 0.2) is 72.8 Å². The highest BCUT2D eigenvalue weighted by atomic mass is 16.5. The molecule has 6 heteroatoms. The molecule has 0 amide bonds. The van der Waals surface area contributed by atoms with Crippen LogP contribution in [-0.4, -0.2) is 24.0 Å². The fraction of sp³-hybridized carbons (Fsp3) is 0.439. The number of rotatable bonds is 19. The Balaban J connectivity index is 1.40. The average Bonchev–Trinajstić information content (AvgIpc) is 3.08. The smallest absolute Gasteiger partial charge is 0.343 e. The fourth-order valence-corrected chi connectivity index (χ4v) is 5.02. The number of benzene rings is 3. The third-order valence-electron chi connectivity index (χ3n) is 7.87. The molecule has 0 aromatic heterocycles. The summed E-state index contributed by atoms with van der Waals surface area (Å²) in [6, 6.07) is 20.3. The van der Waals surface area contributed by atoms with Gasteiger partial charge in [-0.25, -0.2) is 9.59 Å². The van der Waals surface area contributed by atoms with E-state index in [9.17, 15) is 14.4 Å². The number of ether oxygens (including phenoxy) is 3. The van der Waals surface area contributed by atoms with Gasteiger partial charge in [0.05, 0.1) is 17.2 Å². The van der Waals surface area contributed by atoms with Gasteiger partial charge in [0, 0.05) is 17.5 Å². The first-order chi connectivity index (χ1) is 22.9. The molecule has 3 aromatic rings. The molecule has 0 spiro atoms. The average molecular weight is 639 g/mol. The molecule has 0 aliphatic rings. The van der Waals surface area contributed by atoms with Gasteiger partial charge < -0.3 is 14.2 Å². The van der Waals surface area contributed by atoms with Gasteiger partial charge in [0.15, 0.2) is 0 Å². The van der Waals surface area contributed by atoms with Crippen LogP contribution in [0.5, 0.6) is 11.5 Å². The summed E-state index contributed by atoms with van der Waals surface area (Å²) in [6.45, 7) is 6.30. The van der Waals surface area contributed by atoms with Gasteiger partial charge in [-0.15, -0.1) is 0 Å². The Kier molecular flexibility index (Phi) is 16.9. The molecule has 0 saturated carbocycles. The zero-order chi connectivity index (χ0) is 33.7. The van der Waals surface area contributed by atoms with Crippen LogP contribution >= 0.6 is 0 Å².